The third-order valence-corrected chi connectivity index (χ3v) is 8.79. The number of fused-ring (bicyclic) bond motifs is 5. The van der Waals surface area contributed by atoms with Crippen molar-refractivity contribution in [1.82, 2.24) is 0 Å². The molecule has 4 aliphatic carbocycles. The fourth-order valence-corrected chi connectivity index (χ4v) is 7.26. The summed E-state index contributed by atoms with van der Waals surface area (Å²) in [5.41, 5.74) is -5.17. The normalized spacial score (nSPS) is 52.5. The quantitative estimate of drug-likeness (QED) is 0.667. The van der Waals surface area contributed by atoms with E-state index in [1.165, 1.54) is 12.2 Å². The molecule has 0 spiro atoms. The van der Waals surface area contributed by atoms with Crippen LogP contribution in [0.4, 0.5) is 4.39 Å². The lowest BCUT2D eigenvalue weighted by Crippen LogP contribution is -2.69. The van der Waals surface area contributed by atoms with Gasteiger partial charge in [-0.2, -0.15) is 0 Å². The molecule has 0 radical (unpaired) electrons. The van der Waals surface area contributed by atoms with Crippen LogP contribution in [0.15, 0.2) is 23.8 Å². The average Bonchev–Trinajstić information content (AvgIpc) is 2.84. The molecule has 0 aliphatic heterocycles. The predicted octanol–water partition coefficient (Wildman–Crippen LogP) is 1.90. The van der Waals surface area contributed by atoms with Crippen molar-refractivity contribution in [2.24, 2.45) is 28.6 Å². The molecule has 0 heterocycles. The van der Waals surface area contributed by atoms with E-state index in [0.29, 0.717) is 24.8 Å². The predicted molar refractivity (Wildman–Crippen MR) is 99.9 cm³/mol. The van der Waals surface area contributed by atoms with Gasteiger partial charge in [-0.05, 0) is 56.6 Å². The number of ketones is 2. The Balaban J connectivity index is 1.84. The highest BCUT2D eigenvalue weighted by Gasteiger charge is 2.75. The maximum absolute atomic E-state index is 16.9. The third kappa shape index (κ3) is 2.01. The second kappa shape index (κ2) is 5.83. The van der Waals surface area contributed by atoms with Gasteiger partial charge < -0.3 is 15.3 Å². The molecule has 3 fully saturated rings. The Bertz CT molecular complexity index is 805. The van der Waals surface area contributed by atoms with Gasteiger partial charge in [0.05, 0.1) is 6.10 Å². The zero-order valence-corrected chi connectivity index (χ0v) is 16.6. The van der Waals surface area contributed by atoms with Gasteiger partial charge in [0, 0.05) is 16.7 Å². The van der Waals surface area contributed by atoms with E-state index in [0.717, 1.165) is 0 Å². The molecular formula is C22H29FO5. The van der Waals surface area contributed by atoms with Crippen molar-refractivity contribution in [1.29, 1.82) is 0 Å². The first-order valence-corrected chi connectivity index (χ1v) is 10.1. The SMILES string of the molecule is C[C@H]1CC2[C@@H]3CCC4=CC(=O)C=C[C@]4(C)C3(F)[C@@H](O)C[C@]2(C)[C@@]1(O)C(=O)CO. The van der Waals surface area contributed by atoms with Crippen LogP contribution in [0.3, 0.4) is 0 Å². The number of rotatable bonds is 2. The Morgan fingerprint density at radius 3 is 2.64 bits per heavy atom. The smallest absolute Gasteiger partial charge is 0.190 e. The van der Waals surface area contributed by atoms with Gasteiger partial charge in [-0.25, -0.2) is 4.39 Å². The molecule has 0 aromatic rings. The standard InChI is InChI=1S/C22H29FO5/c1-12-8-16-15-5-4-13-9-14(25)6-7-19(13,2)21(15,23)17(26)10-20(16,3)22(12,28)18(27)11-24/h6-7,9,12,15-17,24,26,28H,4-5,8,10-11H2,1-3H3/t12-,15-,16?,17-,19-,20-,21?,22-/m0/s1. The molecule has 3 saturated carbocycles. The molecule has 2 unspecified atom stereocenters. The van der Waals surface area contributed by atoms with Crippen molar-refractivity contribution in [2.75, 3.05) is 6.61 Å². The molecule has 0 saturated heterocycles. The first-order valence-electron chi connectivity index (χ1n) is 10.1. The second-order valence-corrected chi connectivity index (χ2v) is 9.75. The molecule has 6 heteroatoms. The summed E-state index contributed by atoms with van der Waals surface area (Å²) in [7, 11) is 0. The topological polar surface area (TPSA) is 94.8 Å². The molecule has 28 heavy (non-hydrogen) atoms. The first kappa shape index (κ1) is 19.9. The average molecular weight is 392 g/mol. The number of aliphatic hydroxyl groups is 3. The zero-order chi connectivity index (χ0) is 20.7. The summed E-state index contributed by atoms with van der Waals surface area (Å²) in [6.45, 7) is 4.48. The highest BCUT2D eigenvalue weighted by atomic mass is 19.1. The largest absolute Gasteiger partial charge is 0.390 e. The number of alkyl halides is 1. The van der Waals surface area contributed by atoms with E-state index in [1.54, 1.807) is 26.8 Å². The maximum atomic E-state index is 16.9. The van der Waals surface area contributed by atoms with E-state index in [1.807, 2.05) is 0 Å². The number of halogens is 1. The third-order valence-electron chi connectivity index (χ3n) is 8.79. The zero-order valence-electron chi connectivity index (χ0n) is 16.6. The Labute approximate surface area is 164 Å². The Hall–Kier alpha value is -1.37. The lowest BCUT2D eigenvalue weighted by atomic mass is 9.44. The highest BCUT2D eigenvalue weighted by Crippen LogP contribution is 2.70. The number of aliphatic hydroxyl groups excluding tert-OH is 2. The molecule has 5 nitrogen and oxygen atoms in total. The summed E-state index contributed by atoms with van der Waals surface area (Å²) in [5, 5.41) is 32.0. The first-order chi connectivity index (χ1) is 13.0. The second-order valence-electron chi connectivity index (χ2n) is 9.75. The van der Waals surface area contributed by atoms with Crippen LogP contribution in [0.5, 0.6) is 0 Å². The lowest BCUT2D eigenvalue weighted by molar-refractivity contribution is -0.219. The maximum Gasteiger partial charge on any atom is 0.190 e. The number of hydrogen-bond donors (Lipinski definition) is 3. The summed E-state index contributed by atoms with van der Waals surface area (Å²) in [5.74, 6) is -2.12. The van der Waals surface area contributed by atoms with Gasteiger partial charge in [-0.1, -0.05) is 25.5 Å². The summed E-state index contributed by atoms with van der Waals surface area (Å²) < 4.78 is 16.9. The van der Waals surface area contributed by atoms with Gasteiger partial charge in [0.15, 0.2) is 17.2 Å². The van der Waals surface area contributed by atoms with E-state index in [-0.39, 0.29) is 18.1 Å². The van der Waals surface area contributed by atoms with E-state index in [2.05, 4.69) is 0 Å². The van der Waals surface area contributed by atoms with Crippen LogP contribution in [-0.4, -0.2) is 50.9 Å². The molecule has 154 valence electrons. The summed E-state index contributed by atoms with van der Waals surface area (Å²) in [4.78, 5) is 24.4. The summed E-state index contributed by atoms with van der Waals surface area (Å²) in [6.07, 6.45) is 4.44. The monoisotopic (exact) mass is 392 g/mol. The van der Waals surface area contributed by atoms with Crippen LogP contribution in [-0.2, 0) is 9.59 Å². The van der Waals surface area contributed by atoms with Crippen LogP contribution in [0.1, 0.15) is 46.5 Å². The van der Waals surface area contributed by atoms with Crippen molar-refractivity contribution < 1.29 is 29.3 Å². The number of Topliss-reactive ketones (excluding diaryl/α,β-unsaturated/α-hetero) is 1. The van der Waals surface area contributed by atoms with E-state index >= 15 is 4.39 Å². The van der Waals surface area contributed by atoms with Crippen LogP contribution in [0.25, 0.3) is 0 Å². The van der Waals surface area contributed by atoms with Crippen LogP contribution in [0, 0.1) is 28.6 Å². The van der Waals surface area contributed by atoms with Crippen molar-refractivity contribution in [3.05, 3.63) is 23.8 Å². The molecule has 3 N–H and O–H groups in total. The Morgan fingerprint density at radius 1 is 1.32 bits per heavy atom. The van der Waals surface area contributed by atoms with Crippen molar-refractivity contribution >= 4 is 11.6 Å². The highest BCUT2D eigenvalue weighted by molar-refractivity contribution is 6.01. The van der Waals surface area contributed by atoms with Crippen molar-refractivity contribution in [3.63, 3.8) is 0 Å². The molecule has 8 atom stereocenters. The minimum absolute atomic E-state index is 0.0676. The Kier molecular flexibility index (Phi) is 4.15. The van der Waals surface area contributed by atoms with Crippen LogP contribution >= 0.6 is 0 Å². The van der Waals surface area contributed by atoms with Gasteiger partial charge in [-0.15, -0.1) is 0 Å². The van der Waals surface area contributed by atoms with Gasteiger partial charge in [0.1, 0.15) is 12.2 Å². The van der Waals surface area contributed by atoms with Gasteiger partial charge in [-0.3, -0.25) is 9.59 Å². The van der Waals surface area contributed by atoms with E-state index in [9.17, 15) is 24.9 Å². The molecule has 0 aromatic heterocycles. The van der Waals surface area contributed by atoms with Crippen LogP contribution in [0.2, 0.25) is 0 Å². The van der Waals surface area contributed by atoms with Gasteiger partial charge in [0.2, 0.25) is 0 Å². The van der Waals surface area contributed by atoms with Gasteiger partial charge >= 0.3 is 0 Å². The number of hydrogen-bond acceptors (Lipinski definition) is 5. The molecule has 0 aromatic carbocycles. The van der Waals surface area contributed by atoms with Crippen molar-refractivity contribution in [2.45, 2.75) is 63.8 Å². The molecule has 4 aliphatic rings. The molecule has 4 rings (SSSR count). The van der Waals surface area contributed by atoms with Gasteiger partial charge in [0.25, 0.3) is 0 Å². The molecule has 0 amide bonds. The Morgan fingerprint density at radius 2 is 2.00 bits per heavy atom. The van der Waals surface area contributed by atoms with Crippen LogP contribution < -0.4 is 0 Å². The fourth-order valence-electron chi connectivity index (χ4n) is 7.26. The fraction of sp³-hybridized carbons (Fsp3) is 0.727. The number of carbonyl (C=O) groups excluding carboxylic acids is 2. The molecule has 0 bridgehead atoms. The van der Waals surface area contributed by atoms with E-state index < -0.39 is 52.4 Å². The lowest BCUT2D eigenvalue weighted by Gasteiger charge is -2.62. The van der Waals surface area contributed by atoms with E-state index in [4.69, 9.17) is 0 Å². The minimum atomic E-state index is -1.98. The van der Waals surface area contributed by atoms with Crippen molar-refractivity contribution in [3.8, 4) is 0 Å². The summed E-state index contributed by atoms with van der Waals surface area (Å²) in [6, 6.07) is 0. The minimum Gasteiger partial charge on any atom is -0.390 e. The molecular weight excluding hydrogens is 363 g/mol. The number of allylic oxidation sites excluding steroid dienone is 4. The summed E-state index contributed by atoms with van der Waals surface area (Å²) >= 11 is 0. The number of carbonyl (C=O) groups is 2.